The van der Waals surface area contributed by atoms with Crippen LogP contribution in [0.15, 0.2) is 42.5 Å². The van der Waals surface area contributed by atoms with Crippen LogP contribution in [0.5, 0.6) is 5.75 Å². The molecular formula is C15H14N2O4. The molecule has 0 fully saturated rings. The van der Waals surface area contributed by atoms with Crippen molar-refractivity contribution in [2.45, 2.75) is 0 Å². The van der Waals surface area contributed by atoms with Crippen molar-refractivity contribution in [1.29, 1.82) is 0 Å². The van der Waals surface area contributed by atoms with Gasteiger partial charge >= 0.3 is 5.97 Å². The zero-order chi connectivity index (χ0) is 15.4. The lowest BCUT2D eigenvalue weighted by atomic mass is 10.1. The summed E-state index contributed by atoms with van der Waals surface area (Å²) >= 11 is 0. The maximum atomic E-state index is 12.1. The predicted octanol–water partition coefficient (Wildman–Crippen LogP) is 2.23. The molecule has 0 aliphatic rings. The molecule has 6 nitrogen and oxygen atoms in total. The van der Waals surface area contributed by atoms with Crippen LogP contribution in [0.1, 0.15) is 20.7 Å². The van der Waals surface area contributed by atoms with Gasteiger partial charge in [0.15, 0.2) is 0 Å². The van der Waals surface area contributed by atoms with Gasteiger partial charge in [0.1, 0.15) is 5.75 Å². The molecule has 0 aromatic heterocycles. The average Bonchev–Trinajstić information content (AvgIpc) is 2.47. The summed E-state index contributed by atoms with van der Waals surface area (Å²) in [6.07, 6.45) is 0. The summed E-state index contributed by atoms with van der Waals surface area (Å²) in [5.41, 5.74) is 6.63. The van der Waals surface area contributed by atoms with Crippen LogP contribution in [0.4, 0.5) is 11.4 Å². The summed E-state index contributed by atoms with van der Waals surface area (Å²) in [5, 5.41) is 11.7. The number of ether oxygens (including phenoxy) is 1. The van der Waals surface area contributed by atoms with E-state index in [1.165, 1.54) is 25.3 Å². The predicted molar refractivity (Wildman–Crippen MR) is 78.8 cm³/mol. The first-order valence-electron chi connectivity index (χ1n) is 6.09. The second-order valence-corrected chi connectivity index (χ2v) is 4.29. The molecule has 0 bridgehead atoms. The molecule has 0 saturated carbocycles. The Morgan fingerprint density at radius 2 is 1.81 bits per heavy atom. The zero-order valence-corrected chi connectivity index (χ0v) is 11.3. The normalized spacial score (nSPS) is 9.95. The molecular weight excluding hydrogens is 272 g/mol. The van der Waals surface area contributed by atoms with Crippen LogP contribution < -0.4 is 15.8 Å². The molecule has 2 rings (SSSR count). The molecule has 0 aliphatic heterocycles. The Kier molecular flexibility index (Phi) is 4.08. The third-order valence-corrected chi connectivity index (χ3v) is 2.88. The van der Waals surface area contributed by atoms with Gasteiger partial charge in [0.25, 0.3) is 5.91 Å². The van der Waals surface area contributed by atoms with Crippen molar-refractivity contribution in [1.82, 2.24) is 0 Å². The Balaban J connectivity index is 2.31. The van der Waals surface area contributed by atoms with Crippen molar-refractivity contribution in [2.75, 3.05) is 18.2 Å². The minimum atomic E-state index is -1.13. The number of hydrogen-bond acceptors (Lipinski definition) is 4. The maximum absolute atomic E-state index is 12.1. The highest BCUT2D eigenvalue weighted by Gasteiger charge is 2.14. The lowest BCUT2D eigenvalue weighted by Crippen LogP contribution is -2.15. The van der Waals surface area contributed by atoms with Gasteiger partial charge in [-0.3, -0.25) is 4.79 Å². The lowest BCUT2D eigenvalue weighted by molar-refractivity contribution is 0.0698. The quantitative estimate of drug-likeness (QED) is 0.748. The number of aromatic carboxylic acids is 1. The number of rotatable bonds is 4. The van der Waals surface area contributed by atoms with Crippen LogP contribution in [0.3, 0.4) is 0 Å². The largest absolute Gasteiger partial charge is 0.497 e. The Bertz CT molecular complexity index is 681. The molecule has 21 heavy (non-hydrogen) atoms. The number of carboxylic acid groups (broad SMARTS) is 1. The van der Waals surface area contributed by atoms with E-state index in [4.69, 9.17) is 15.6 Å². The number of nitrogens with two attached hydrogens (primary N) is 1. The third kappa shape index (κ3) is 3.30. The van der Waals surface area contributed by atoms with E-state index in [-0.39, 0.29) is 11.3 Å². The lowest BCUT2D eigenvalue weighted by Gasteiger charge is -2.10. The molecule has 0 heterocycles. The first-order chi connectivity index (χ1) is 10.0. The fourth-order valence-corrected chi connectivity index (χ4v) is 1.77. The highest BCUT2D eigenvalue weighted by molar-refractivity contribution is 6.08. The number of carboxylic acids is 1. The zero-order valence-electron chi connectivity index (χ0n) is 11.3. The molecule has 0 unspecified atom stereocenters. The summed E-state index contributed by atoms with van der Waals surface area (Å²) in [7, 11) is 1.46. The molecule has 0 atom stereocenters. The van der Waals surface area contributed by atoms with E-state index in [1.54, 1.807) is 24.3 Å². The van der Waals surface area contributed by atoms with Gasteiger partial charge in [0.05, 0.1) is 18.4 Å². The Hall–Kier alpha value is -3.02. The van der Waals surface area contributed by atoms with Gasteiger partial charge in [-0.2, -0.15) is 0 Å². The smallest absolute Gasteiger partial charge is 0.337 e. The van der Waals surface area contributed by atoms with Crippen molar-refractivity contribution in [2.24, 2.45) is 0 Å². The van der Waals surface area contributed by atoms with Crippen molar-refractivity contribution < 1.29 is 19.4 Å². The SMILES string of the molecule is COc1ccc(C(=O)O)c(NC(=O)c2ccc(N)cc2)c1. The van der Waals surface area contributed by atoms with Crippen LogP contribution in [-0.4, -0.2) is 24.1 Å². The molecule has 2 aromatic carbocycles. The number of nitrogens with one attached hydrogen (secondary N) is 1. The molecule has 1 amide bonds. The molecule has 0 spiro atoms. The molecule has 0 saturated heterocycles. The van der Waals surface area contributed by atoms with Crippen molar-refractivity contribution >= 4 is 23.3 Å². The van der Waals surface area contributed by atoms with Gasteiger partial charge in [0.2, 0.25) is 0 Å². The van der Waals surface area contributed by atoms with Gasteiger partial charge in [-0.15, -0.1) is 0 Å². The van der Waals surface area contributed by atoms with E-state index in [0.29, 0.717) is 17.0 Å². The van der Waals surface area contributed by atoms with Crippen molar-refractivity contribution in [3.63, 3.8) is 0 Å². The first-order valence-corrected chi connectivity index (χ1v) is 6.09. The highest BCUT2D eigenvalue weighted by Crippen LogP contribution is 2.23. The van der Waals surface area contributed by atoms with E-state index >= 15 is 0 Å². The molecule has 2 aromatic rings. The summed E-state index contributed by atoms with van der Waals surface area (Å²) in [4.78, 5) is 23.3. The van der Waals surface area contributed by atoms with Crippen molar-refractivity contribution in [3.05, 3.63) is 53.6 Å². The number of benzene rings is 2. The number of nitrogen functional groups attached to an aromatic ring is 1. The van der Waals surface area contributed by atoms with Crippen LogP contribution in [0.25, 0.3) is 0 Å². The number of carbonyl (C=O) groups excluding carboxylic acids is 1. The second kappa shape index (κ2) is 5.96. The third-order valence-electron chi connectivity index (χ3n) is 2.88. The van der Waals surface area contributed by atoms with Gasteiger partial charge in [-0.05, 0) is 36.4 Å². The first kappa shape index (κ1) is 14.4. The maximum Gasteiger partial charge on any atom is 0.337 e. The van der Waals surface area contributed by atoms with E-state index in [1.807, 2.05) is 0 Å². The summed E-state index contributed by atoms with van der Waals surface area (Å²) in [6.45, 7) is 0. The van der Waals surface area contributed by atoms with Gasteiger partial charge in [0, 0.05) is 17.3 Å². The molecule has 0 radical (unpaired) electrons. The Morgan fingerprint density at radius 3 is 2.38 bits per heavy atom. The number of hydrogen-bond donors (Lipinski definition) is 3. The topological polar surface area (TPSA) is 102 Å². The monoisotopic (exact) mass is 286 g/mol. The number of amides is 1. The number of carbonyl (C=O) groups is 2. The van der Waals surface area contributed by atoms with Gasteiger partial charge < -0.3 is 20.9 Å². The summed E-state index contributed by atoms with van der Waals surface area (Å²) in [6, 6.07) is 10.7. The minimum Gasteiger partial charge on any atom is -0.497 e. The summed E-state index contributed by atoms with van der Waals surface area (Å²) < 4.78 is 5.03. The van der Waals surface area contributed by atoms with Crippen molar-refractivity contribution in [3.8, 4) is 5.75 Å². The standard InChI is InChI=1S/C15H14N2O4/c1-21-11-6-7-12(15(19)20)13(8-11)17-14(18)9-2-4-10(16)5-3-9/h2-8H,16H2,1H3,(H,17,18)(H,19,20). The molecule has 4 N–H and O–H groups in total. The Labute approximate surface area is 121 Å². The van der Waals surface area contributed by atoms with Crippen LogP contribution in [0, 0.1) is 0 Å². The minimum absolute atomic E-state index is 0.0143. The second-order valence-electron chi connectivity index (χ2n) is 4.29. The van der Waals surface area contributed by atoms with Crippen LogP contribution in [0.2, 0.25) is 0 Å². The highest BCUT2D eigenvalue weighted by atomic mass is 16.5. The van der Waals surface area contributed by atoms with Crippen LogP contribution in [-0.2, 0) is 0 Å². The fraction of sp³-hybridized carbons (Fsp3) is 0.0667. The van der Waals surface area contributed by atoms with E-state index in [0.717, 1.165) is 0 Å². The molecule has 0 aliphatic carbocycles. The number of anilines is 2. The van der Waals surface area contributed by atoms with E-state index in [2.05, 4.69) is 5.32 Å². The number of methoxy groups -OCH3 is 1. The van der Waals surface area contributed by atoms with Gasteiger partial charge in [-0.1, -0.05) is 0 Å². The molecule has 108 valence electrons. The van der Waals surface area contributed by atoms with Gasteiger partial charge in [-0.25, -0.2) is 4.79 Å². The average molecular weight is 286 g/mol. The van der Waals surface area contributed by atoms with E-state index < -0.39 is 11.9 Å². The Morgan fingerprint density at radius 1 is 1.14 bits per heavy atom. The van der Waals surface area contributed by atoms with Crippen LogP contribution >= 0.6 is 0 Å². The van der Waals surface area contributed by atoms with E-state index in [9.17, 15) is 9.59 Å². The fourth-order valence-electron chi connectivity index (χ4n) is 1.77. The summed E-state index contributed by atoms with van der Waals surface area (Å²) in [5.74, 6) is -1.11. The molecule has 6 heteroatoms.